The van der Waals surface area contributed by atoms with Crippen LogP contribution in [0.4, 0.5) is 0 Å². The summed E-state index contributed by atoms with van der Waals surface area (Å²) in [5, 5.41) is 22.2. The zero-order chi connectivity index (χ0) is 23.1. The van der Waals surface area contributed by atoms with Gasteiger partial charge in [-0.25, -0.2) is 0 Å². The van der Waals surface area contributed by atoms with E-state index in [0.29, 0.717) is 24.7 Å². The van der Waals surface area contributed by atoms with Crippen molar-refractivity contribution >= 4 is 5.78 Å². The second kappa shape index (κ2) is 7.78. The standard InChI is InChI=1S/C28H46O4/c1-16(2)7-6-8-17(3)20-9-10-21-23-22(12-13-26(20,21)5)27-14-11-19(29)15-28(27,31)25(30)24(23)32-18(27)4/h16-24,29,31H,6-15H2,1-5H3/t17-,18-,19+,20-,21+,22+,23+,24-,26-,27+,28+/m1/s1. The quantitative estimate of drug-likeness (QED) is 0.614. The molecule has 2 heterocycles. The Bertz CT molecular complexity index is 750. The fourth-order valence-electron chi connectivity index (χ4n) is 10.1. The monoisotopic (exact) mass is 446 g/mol. The summed E-state index contributed by atoms with van der Waals surface area (Å²) in [7, 11) is 0. The van der Waals surface area contributed by atoms with E-state index in [4.69, 9.17) is 4.74 Å². The van der Waals surface area contributed by atoms with Crippen molar-refractivity contribution in [1.82, 2.24) is 0 Å². The van der Waals surface area contributed by atoms with Crippen LogP contribution in [-0.2, 0) is 9.53 Å². The van der Waals surface area contributed by atoms with Gasteiger partial charge in [-0.05, 0) is 86.4 Å². The van der Waals surface area contributed by atoms with E-state index in [1.807, 2.05) is 0 Å². The second-order valence-electron chi connectivity index (χ2n) is 13.2. The van der Waals surface area contributed by atoms with Gasteiger partial charge in [-0.1, -0.05) is 47.0 Å². The smallest absolute Gasteiger partial charge is 0.194 e. The maximum absolute atomic E-state index is 13.7. The van der Waals surface area contributed by atoms with E-state index >= 15 is 0 Å². The van der Waals surface area contributed by atoms with Crippen LogP contribution < -0.4 is 0 Å². The third-order valence-corrected chi connectivity index (χ3v) is 11.5. The molecule has 2 bridgehead atoms. The Labute approximate surface area is 194 Å². The maximum Gasteiger partial charge on any atom is 0.194 e. The molecule has 0 unspecified atom stereocenters. The molecule has 0 aromatic carbocycles. The number of ether oxygens (including phenoxy) is 1. The number of Topliss-reactive ketones (excluding diaryl/α,β-unsaturated/α-hetero) is 1. The zero-order valence-corrected chi connectivity index (χ0v) is 21.0. The van der Waals surface area contributed by atoms with Crippen molar-refractivity contribution in [2.45, 2.75) is 123 Å². The van der Waals surface area contributed by atoms with Gasteiger partial charge in [0.1, 0.15) is 11.7 Å². The van der Waals surface area contributed by atoms with Gasteiger partial charge in [-0.3, -0.25) is 4.79 Å². The van der Waals surface area contributed by atoms with Gasteiger partial charge < -0.3 is 14.9 Å². The summed E-state index contributed by atoms with van der Waals surface area (Å²) < 4.78 is 6.48. The van der Waals surface area contributed by atoms with Crippen LogP contribution in [0.3, 0.4) is 0 Å². The van der Waals surface area contributed by atoms with Crippen LogP contribution in [0.1, 0.15) is 98.8 Å². The van der Waals surface area contributed by atoms with Crippen LogP contribution in [0.25, 0.3) is 0 Å². The van der Waals surface area contributed by atoms with Crippen molar-refractivity contribution in [3.63, 3.8) is 0 Å². The molecule has 2 aliphatic heterocycles. The van der Waals surface area contributed by atoms with Gasteiger partial charge in [0.05, 0.1) is 12.2 Å². The molecule has 0 amide bonds. The first kappa shape index (κ1) is 23.3. The minimum absolute atomic E-state index is 0.103. The first-order valence-corrected chi connectivity index (χ1v) is 13.7. The summed E-state index contributed by atoms with van der Waals surface area (Å²) in [5.41, 5.74) is -1.62. The van der Waals surface area contributed by atoms with Gasteiger partial charge >= 0.3 is 0 Å². The number of carbonyl (C=O) groups is 1. The van der Waals surface area contributed by atoms with Gasteiger partial charge in [0.2, 0.25) is 0 Å². The van der Waals surface area contributed by atoms with E-state index in [0.717, 1.165) is 24.2 Å². The van der Waals surface area contributed by atoms with Crippen LogP contribution in [0.2, 0.25) is 0 Å². The number of fused-ring (bicyclic) bond motifs is 2. The molecular formula is C28H46O4. The molecule has 4 heteroatoms. The van der Waals surface area contributed by atoms with Crippen LogP contribution >= 0.6 is 0 Å². The van der Waals surface area contributed by atoms with E-state index in [1.54, 1.807) is 0 Å². The highest BCUT2D eigenvalue weighted by atomic mass is 16.5. The summed E-state index contributed by atoms with van der Waals surface area (Å²) in [4.78, 5) is 13.7. The Morgan fingerprint density at radius 2 is 1.81 bits per heavy atom. The Kier molecular flexibility index (Phi) is 5.67. The predicted octanol–water partition coefficient (Wildman–Crippen LogP) is 5.14. The fraction of sp³-hybridized carbons (Fsp3) is 0.964. The highest BCUT2D eigenvalue weighted by Gasteiger charge is 2.77. The van der Waals surface area contributed by atoms with Crippen molar-refractivity contribution in [2.24, 2.45) is 46.3 Å². The SMILES string of the molecule is CC(C)CCC[C@@H](C)[C@H]1CC[C@H]2[C@@H]3[C@H]4O[C@H](C)[C@@]5(CC[C@H](O)C[C@]5(O)C4=O)[C@H]3CC[C@]12C. The second-order valence-corrected chi connectivity index (χ2v) is 13.2. The summed E-state index contributed by atoms with van der Waals surface area (Å²) in [5.74, 6) is 3.26. The van der Waals surface area contributed by atoms with E-state index in [-0.39, 0.29) is 29.6 Å². The van der Waals surface area contributed by atoms with Gasteiger partial charge in [0.25, 0.3) is 0 Å². The molecule has 2 N–H and O–H groups in total. The van der Waals surface area contributed by atoms with Crippen LogP contribution in [0.5, 0.6) is 0 Å². The van der Waals surface area contributed by atoms with Crippen LogP contribution in [0, 0.1) is 46.3 Å². The molecule has 1 spiro atoms. The molecule has 4 nitrogen and oxygen atoms in total. The minimum Gasteiger partial charge on any atom is -0.393 e. The average Bonchev–Trinajstić information content (AvgIpc) is 3.07. The third-order valence-electron chi connectivity index (χ3n) is 11.5. The van der Waals surface area contributed by atoms with E-state index in [2.05, 4.69) is 34.6 Å². The van der Waals surface area contributed by atoms with Crippen molar-refractivity contribution in [3.8, 4) is 0 Å². The molecule has 0 aromatic rings. The molecular weight excluding hydrogens is 400 g/mol. The summed E-state index contributed by atoms with van der Waals surface area (Å²) in [6.45, 7) is 11.7. The first-order valence-electron chi connectivity index (χ1n) is 13.7. The number of rotatable bonds is 5. The zero-order valence-electron chi connectivity index (χ0n) is 21.0. The van der Waals surface area contributed by atoms with Crippen molar-refractivity contribution < 1.29 is 19.7 Å². The van der Waals surface area contributed by atoms with Crippen LogP contribution in [-0.4, -0.2) is 39.9 Å². The van der Waals surface area contributed by atoms with E-state index < -0.39 is 23.2 Å². The molecule has 182 valence electrons. The van der Waals surface area contributed by atoms with Gasteiger partial charge in [-0.15, -0.1) is 0 Å². The van der Waals surface area contributed by atoms with Gasteiger partial charge in [0, 0.05) is 11.8 Å². The molecule has 0 aromatic heterocycles. The molecule has 4 saturated carbocycles. The first-order chi connectivity index (χ1) is 15.1. The maximum atomic E-state index is 13.7. The Morgan fingerprint density at radius 1 is 1.06 bits per heavy atom. The molecule has 2 saturated heterocycles. The normalized spacial score (nSPS) is 53.1. The summed E-state index contributed by atoms with van der Waals surface area (Å²) >= 11 is 0. The number of aliphatic hydroxyl groups excluding tert-OH is 1. The van der Waals surface area contributed by atoms with E-state index in [1.165, 1.54) is 38.5 Å². The lowest BCUT2D eigenvalue weighted by Gasteiger charge is -2.70. The molecule has 4 aliphatic carbocycles. The number of carbonyl (C=O) groups excluding carboxylic acids is 1. The lowest BCUT2D eigenvalue weighted by molar-refractivity contribution is -0.319. The predicted molar refractivity (Wildman–Crippen MR) is 125 cm³/mol. The minimum atomic E-state index is -1.40. The third kappa shape index (κ3) is 2.94. The van der Waals surface area contributed by atoms with Gasteiger partial charge in [-0.2, -0.15) is 0 Å². The number of hydrogen-bond donors (Lipinski definition) is 2. The molecule has 6 rings (SSSR count). The average molecular weight is 447 g/mol. The van der Waals surface area contributed by atoms with Crippen molar-refractivity contribution in [3.05, 3.63) is 0 Å². The summed E-state index contributed by atoms with van der Waals surface area (Å²) in [6.07, 6.45) is 9.18. The number of ketones is 1. The number of aliphatic hydroxyl groups is 2. The largest absolute Gasteiger partial charge is 0.393 e. The highest BCUT2D eigenvalue weighted by molar-refractivity contribution is 5.94. The molecule has 32 heavy (non-hydrogen) atoms. The Balaban J connectivity index is 1.43. The van der Waals surface area contributed by atoms with Gasteiger partial charge in [0.15, 0.2) is 5.78 Å². The Morgan fingerprint density at radius 3 is 2.53 bits per heavy atom. The molecule has 11 atom stereocenters. The van der Waals surface area contributed by atoms with Crippen LogP contribution in [0.15, 0.2) is 0 Å². The molecule has 6 aliphatic rings. The molecule has 6 fully saturated rings. The fourth-order valence-corrected chi connectivity index (χ4v) is 10.1. The Hall–Kier alpha value is -0.450. The lowest BCUT2D eigenvalue weighted by Crippen LogP contribution is -2.80. The highest BCUT2D eigenvalue weighted by Crippen LogP contribution is 2.72. The van der Waals surface area contributed by atoms with Crippen molar-refractivity contribution in [1.29, 1.82) is 0 Å². The van der Waals surface area contributed by atoms with Crippen molar-refractivity contribution in [2.75, 3.05) is 0 Å². The molecule has 0 radical (unpaired) electrons. The summed E-state index contributed by atoms with van der Waals surface area (Å²) in [6, 6.07) is 0. The number of hydrogen-bond acceptors (Lipinski definition) is 4. The lowest BCUT2D eigenvalue weighted by atomic mass is 9.39. The van der Waals surface area contributed by atoms with E-state index in [9.17, 15) is 15.0 Å². The topological polar surface area (TPSA) is 66.8 Å².